The highest BCUT2D eigenvalue weighted by molar-refractivity contribution is 6.04. The second kappa shape index (κ2) is 9.25. The number of para-hydroxylation sites is 1. The minimum Gasteiger partial charge on any atom is -0.339 e. The van der Waals surface area contributed by atoms with Gasteiger partial charge in [-0.15, -0.1) is 0 Å². The van der Waals surface area contributed by atoms with Gasteiger partial charge in [-0.3, -0.25) is 14.9 Å². The maximum absolute atomic E-state index is 13.6. The highest BCUT2D eigenvalue weighted by Crippen LogP contribution is 2.44. The van der Waals surface area contributed by atoms with Crippen LogP contribution in [0, 0.1) is 6.92 Å². The number of unbranched alkanes of at least 4 members (excludes halogenated alkanes) is 2. The predicted molar refractivity (Wildman–Crippen MR) is 136 cm³/mol. The lowest BCUT2D eigenvalue weighted by molar-refractivity contribution is 0.221. The number of hydrogen-bond donors (Lipinski definition) is 2. The van der Waals surface area contributed by atoms with Gasteiger partial charge in [-0.1, -0.05) is 36.7 Å². The fourth-order valence-electron chi connectivity index (χ4n) is 4.83. The number of nitrogens with one attached hydrogen (secondary N) is 2. The Morgan fingerprint density at radius 2 is 1.89 bits per heavy atom. The van der Waals surface area contributed by atoms with Gasteiger partial charge >= 0.3 is 6.03 Å². The molecule has 0 atom stereocenters. The smallest absolute Gasteiger partial charge is 0.330 e. The topological polar surface area (TPSA) is 120 Å². The number of amides is 2. The van der Waals surface area contributed by atoms with Crippen LogP contribution in [0.5, 0.6) is 0 Å². The third-order valence-electron chi connectivity index (χ3n) is 6.77. The number of aromatic nitrogens is 6. The largest absolute Gasteiger partial charge is 0.339 e. The van der Waals surface area contributed by atoms with Gasteiger partial charge in [0.05, 0.1) is 11.2 Å². The number of benzene rings is 1. The van der Waals surface area contributed by atoms with Crippen LogP contribution in [0.3, 0.4) is 0 Å². The lowest BCUT2D eigenvalue weighted by atomic mass is 10.1. The monoisotopic (exact) mass is 486 g/mol. The van der Waals surface area contributed by atoms with E-state index in [0.717, 1.165) is 72.5 Å². The van der Waals surface area contributed by atoms with Gasteiger partial charge in [0, 0.05) is 24.9 Å². The van der Waals surface area contributed by atoms with E-state index in [0.29, 0.717) is 36.9 Å². The van der Waals surface area contributed by atoms with Gasteiger partial charge in [0.15, 0.2) is 17.3 Å². The molecule has 36 heavy (non-hydrogen) atoms. The third-order valence-corrected chi connectivity index (χ3v) is 6.77. The van der Waals surface area contributed by atoms with E-state index >= 15 is 0 Å². The van der Waals surface area contributed by atoms with Crippen LogP contribution in [-0.2, 0) is 6.42 Å². The van der Waals surface area contributed by atoms with Crippen LogP contribution in [0.25, 0.3) is 28.2 Å². The van der Waals surface area contributed by atoms with Crippen molar-refractivity contribution in [3.8, 4) is 11.6 Å². The first kappa shape index (κ1) is 22.5. The zero-order valence-corrected chi connectivity index (χ0v) is 20.7. The summed E-state index contributed by atoms with van der Waals surface area (Å²) in [5.41, 5.74) is 4.96. The SMILES string of the molecule is CCCCN1C(=O)N(CCCCc2noc(-c3n[nH]c4ccccc34)n2)C(=C2CC2)c2[nH]c(C)nc21. The second-order valence-corrected chi connectivity index (χ2v) is 9.50. The molecule has 1 aliphatic carbocycles. The maximum Gasteiger partial charge on any atom is 0.330 e. The summed E-state index contributed by atoms with van der Waals surface area (Å²) in [6.45, 7) is 5.41. The number of fused-ring (bicyclic) bond motifs is 2. The Hall–Kier alpha value is -3.95. The molecule has 4 aromatic rings. The van der Waals surface area contributed by atoms with Crippen LogP contribution >= 0.6 is 0 Å². The fraction of sp³-hybridized carbons (Fsp3) is 0.423. The second-order valence-electron chi connectivity index (χ2n) is 9.50. The molecule has 6 rings (SSSR count). The Bertz CT molecular complexity index is 1440. The van der Waals surface area contributed by atoms with Crippen molar-refractivity contribution in [1.29, 1.82) is 0 Å². The first-order valence-corrected chi connectivity index (χ1v) is 12.8. The average molecular weight is 487 g/mol. The van der Waals surface area contributed by atoms with E-state index in [-0.39, 0.29) is 6.03 Å². The van der Waals surface area contributed by atoms with Gasteiger partial charge in [-0.25, -0.2) is 9.78 Å². The molecule has 0 spiro atoms. The van der Waals surface area contributed by atoms with E-state index in [1.165, 1.54) is 5.57 Å². The Balaban J connectivity index is 1.14. The van der Waals surface area contributed by atoms with Gasteiger partial charge in [-0.2, -0.15) is 10.1 Å². The first-order chi connectivity index (χ1) is 17.6. The molecule has 1 fully saturated rings. The van der Waals surface area contributed by atoms with E-state index in [9.17, 15) is 4.79 Å². The Labute approximate surface area is 208 Å². The molecule has 2 amide bonds. The van der Waals surface area contributed by atoms with Gasteiger partial charge in [0.1, 0.15) is 11.5 Å². The molecule has 0 bridgehead atoms. The Kier molecular flexibility index (Phi) is 5.79. The molecule has 0 saturated heterocycles. The molecule has 1 saturated carbocycles. The number of nitrogens with zero attached hydrogens (tertiary/aromatic N) is 6. The van der Waals surface area contributed by atoms with Gasteiger partial charge in [0.25, 0.3) is 5.89 Å². The third kappa shape index (κ3) is 4.06. The number of carbonyl (C=O) groups excluding carboxylic acids is 1. The molecule has 1 aliphatic heterocycles. The van der Waals surface area contributed by atoms with Crippen LogP contribution in [0.1, 0.15) is 62.8 Å². The van der Waals surface area contributed by atoms with Gasteiger partial charge in [-0.05, 0) is 50.7 Å². The molecule has 2 N–H and O–H groups in total. The van der Waals surface area contributed by atoms with Crippen LogP contribution in [0.15, 0.2) is 34.4 Å². The Morgan fingerprint density at radius 1 is 1.06 bits per heavy atom. The molecule has 0 radical (unpaired) electrons. The van der Waals surface area contributed by atoms with Crippen molar-refractivity contribution >= 4 is 28.4 Å². The summed E-state index contributed by atoms with van der Waals surface area (Å²) < 4.78 is 5.50. The molecule has 10 heteroatoms. The number of H-pyrrole nitrogens is 2. The van der Waals surface area contributed by atoms with Crippen molar-refractivity contribution in [2.75, 3.05) is 18.0 Å². The van der Waals surface area contributed by atoms with Crippen molar-refractivity contribution in [2.24, 2.45) is 0 Å². The van der Waals surface area contributed by atoms with E-state index in [1.807, 2.05) is 41.0 Å². The van der Waals surface area contributed by atoms with E-state index < -0.39 is 0 Å². The van der Waals surface area contributed by atoms with Gasteiger partial charge in [0.2, 0.25) is 0 Å². The average Bonchev–Trinajstić information content (AvgIpc) is 3.26. The quantitative estimate of drug-likeness (QED) is 0.313. The maximum atomic E-state index is 13.6. The summed E-state index contributed by atoms with van der Waals surface area (Å²) in [5, 5.41) is 12.5. The number of aromatic amines is 2. The summed E-state index contributed by atoms with van der Waals surface area (Å²) in [5.74, 6) is 2.69. The lowest BCUT2D eigenvalue weighted by Gasteiger charge is -2.36. The minimum atomic E-state index is 0.0316. The molecule has 2 aliphatic rings. The fourth-order valence-corrected chi connectivity index (χ4v) is 4.83. The number of anilines is 1. The van der Waals surface area contributed by atoms with Crippen molar-refractivity contribution in [3.63, 3.8) is 0 Å². The van der Waals surface area contributed by atoms with E-state index in [1.54, 1.807) is 0 Å². The van der Waals surface area contributed by atoms with Crippen LogP contribution in [0.2, 0.25) is 0 Å². The minimum absolute atomic E-state index is 0.0316. The highest BCUT2D eigenvalue weighted by Gasteiger charge is 2.39. The first-order valence-electron chi connectivity index (χ1n) is 12.8. The number of rotatable bonds is 9. The number of allylic oxidation sites excluding steroid dienone is 1. The molecule has 0 unspecified atom stereocenters. The summed E-state index contributed by atoms with van der Waals surface area (Å²) in [6, 6.07) is 7.90. The van der Waals surface area contributed by atoms with Crippen LogP contribution in [0.4, 0.5) is 10.6 Å². The van der Waals surface area contributed by atoms with Crippen LogP contribution < -0.4 is 4.90 Å². The van der Waals surface area contributed by atoms with Crippen molar-refractivity contribution in [3.05, 3.63) is 47.2 Å². The zero-order valence-electron chi connectivity index (χ0n) is 20.7. The van der Waals surface area contributed by atoms with Crippen molar-refractivity contribution in [1.82, 2.24) is 35.2 Å². The van der Waals surface area contributed by atoms with Crippen LogP contribution in [-0.4, -0.2) is 54.3 Å². The number of urea groups is 1. The Morgan fingerprint density at radius 3 is 2.72 bits per heavy atom. The van der Waals surface area contributed by atoms with E-state index in [2.05, 4.69) is 37.2 Å². The number of aryl methyl sites for hydroxylation is 2. The van der Waals surface area contributed by atoms with Crippen molar-refractivity contribution in [2.45, 2.75) is 58.8 Å². The summed E-state index contributed by atoms with van der Waals surface area (Å²) >= 11 is 0. The standard InChI is InChI=1S/C26H30N8O2/c1-3-4-14-34-24-22(27-16(2)28-24)23(17-12-13-17)33(26(34)35)15-8-7-11-20-29-25(36-32-20)21-18-9-5-6-10-19(18)30-31-21/h5-6,9-10H,3-4,7-8,11-15H2,1-2H3,(H,27,28)(H,30,31). The van der Waals surface area contributed by atoms with E-state index in [4.69, 9.17) is 4.52 Å². The number of imidazole rings is 1. The highest BCUT2D eigenvalue weighted by atomic mass is 16.5. The normalized spacial score (nSPS) is 15.3. The summed E-state index contributed by atoms with van der Waals surface area (Å²) in [4.78, 5) is 30.0. The molecule has 4 heterocycles. The summed E-state index contributed by atoms with van der Waals surface area (Å²) in [7, 11) is 0. The molecular weight excluding hydrogens is 456 g/mol. The molecule has 3 aromatic heterocycles. The lowest BCUT2D eigenvalue weighted by Crippen LogP contribution is -2.47. The summed E-state index contributed by atoms with van der Waals surface area (Å²) in [6.07, 6.45) is 6.41. The zero-order chi connectivity index (χ0) is 24.6. The molecule has 10 nitrogen and oxygen atoms in total. The number of hydrogen-bond acceptors (Lipinski definition) is 6. The van der Waals surface area contributed by atoms with Crippen molar-refractivity contribution < 1.29 is 9.32 Å². The number of carbonyl (C=O) groups is 1. The molecular formula is C26H30N8O2. The predicted octanol–water partition coefficient (Wildman–Crippen LogP) is 5.21. The van der Waals surface area contributed by atoms with Gasteiger partial charge < -0.3 is 9.51 Å². The molecule has 1 aromatic carbocycles. The molecule has 186 valence electrons.